The van der Waals surface area contributed by atoms with Gasteiger partial charge in [0.2, 0.25) is 0 Å². The summed E-state index contributed by atoms with van der Waals surface area (Å²) in [5.74, 6) is 0. The largest absolute Gasteiger partial charge is 0.330 e. The average Bonchev–Trinajstić information content (AvgIpc) is 2.53. The molecule has 0 atom stereocenters. The van der Waals surface area contributed by atoms with Gasteiger partial charge in [-0.25, -0.2) is 4.98 Å². The maximum atomic E-state index is 5.47. The van der Waals surface area contributed by atoms with Crippen LogP contribution in [0.25, 0.3) is 11.0 Å². The van der Waals surface area contributed by atoms with Gasteiger partial charge >= 0.3 is 0 Å². The highest BCUT2D eigenvalue weighted by Crippen LogP contribution is 2.13. The van der Waals surface area contributed by atoms with Crippen molar-refractivity contribution in [1.29, 1.82) is 0 Å². The number of nitrogens with zero attached hydrogens (tertiary/aromatic N) is 2. The number of fused-ring (bicyclic) bond motifs is 1. The molecule has 0 amide bonds. The lowest BCUT2D eigenvalue weighted by molar-refractivity contribution is 0.975. The second kappa shape index (κ2) is 2.91. The average molecular weight is 162 g/mol. The van der Waals surface area contributed by atoms with Gasteiger partial charge in [-0.05, 0) is 24.6 Å². The van der Waals surface area contributed by atoms with Crippen LogP contribution in [-0.2, 0) is 6.42 Å². The Morgan fingerprint density at radius 2 is 2.42 bits per heavy atom. The van der Waals surface area contributed by atoms with E-state index in [1.165, 1.54) is 5.56 Å². The molecular weight excluding hydrogens is 152 g/mol. The van der Waals surface area contributed by atoms with E-state index in [2.05, 4.69) is 15.2 Å². The van der Waals surface area contributed by atoms with Gasteiger partial charge in [0.15, 0.2) is 5.65 Å². The Morgan fingerprint density at radius 3 is 3.25 bits per heavy atom. The summed E-state index contributed by atoms with van der Waals surface area (Å²) < 4.78 is 0. The van der Waals surface area contributed by atoms with E-state index in [1.807, 2.05) is 6.07 Å². The highest BCUT2D eigenvalue weighted by molar-refractivity contribution is 5.77. The second-order valence-electron chi connectivity index (χ2n) is 2.64. The fourth-order valence-corrected chi connectivity index (χ4v) is 1.28. The number of nitrogens with one attached hydrogen (secondary N) is 1. The number of hydrogen-bond acceptors (Lipinski definition) is 3. The van der Waals surface area contributed by atoms with Crippen molar-refractivity contribution < 1.29 is 0 Å². The molecule has 0 aliphatic heterocycles. The third-order valence-corrected chi connectivity index (χ3v) is 1.86. The Bertz CT molecular complexity index is 379. The summed E-state index contributed by atoms with van der Waals surface area (Å²) in [7, 11) is 0. The molecular formula is C8H10N4. The molecule has 62 valence electrons. The lowest BCUT2D eigenvalue weighted by Gasteiger charge is -1.97. The van der Waals surface area contributed by atoms with Crippen molar-refractivity contribution in [2.45, 2.75) is 6.42 Å². The van der Waals surface area contributed by atoms with Gasteiger partial charge in [0.25, 0.3) is 0 Å². The first-order valence-electron chi connectivity index (χ1n) is 3.89. The quantitative estimate of drug-likeness (QED) is 0.674. The van der Waals surface area contributed by atoms with Crippen molar-refractivity contribution in [1.82, 2.24) is 15.2 Å². The first kappa shape index (κ1) is 7.24. The third kappa shape index (κ3) is 1.06. The second-order valence-corrected chi connectivity index (χ2v) is 2.64. The van der Waals surface area contributed by atoms with Crippen LogP contribution in [0, 0.1) is 0 Å². The molecule has 0 fully saturated rings. The number of nitrogens with two attached hydrogens (primary N) is 1. The van der Waals surface area contributed by atoms with Crippen LogP contribution in [0.2, 0.25) is 0 Å². The van der Waals surface area contributed by atoms with Gasteiger partial charge < -0.3 is 5.73 Å². The predicted molar refractivity (Wildman–Crippen MR) is 46.6 cm³/mol. The minimum absolute atomic E-state index is 0.657. The molecule has 0 aliphatic carbocycles. The molecule has 2 rings (SSSR count). The maximum Gasteiger partial charge on any atom is 0.155 e. The minimum atomic E-state index is 0.657. The van der Waals surface area contributed by atoms with Crippen LogP contribution < -0.4 is 5.73 Å². The van der Waals surface area contributed by atoms with Gasteiger partial charge in [-0.15, -0.1) is 0 Å². The van der Waals surface area contributed by atoms with Crippen LogP contribution >= 0.6 is 0 Å². The summed E-state index contributed by atoms with van der Waals surface area (Å²) in [6, 6.07) is 1.98. The fraction of sp³-hybridized carbons (Fsp3) is 0.250. The first-order valence-corrected chi connectivity index (χ1v) is 3.89. The SMILES string of the molecule is NCCc1ccnc2[nH]ncc12. The van der Waals surface area contributed by atoms with Gasteiger partial charge in [-0.2, -0.15) is 5.10 Å². The van der Waals surface area contributed by atoms with Crippen LogP contribution in [-0.4, -0.2) is 21.7 Å². The molecule has 0 saturated heterocycles. The molecule has 0 radical (unpaired) electrons. The van der Waals surface area contributed by atoms with Crippen LogP contribution in [0.1, 0.15) is 5.56 Å². The van der Waals surface area contributed by atoms with E-state index in [0.717, 1.165) is 17.5 Å². The van der Waals surface area contributed by atoms with Crippen molar-refractivity contribution in [3.05, 3.63) is 24.0 Å². The zero-order valence-corrected chi connectivity index (χ0v) is 6.62. The summed E-state index contributed by atoms with van der Waals surface area (Å²) in [5, 5.41) is 7.80. The highest BCUT2D eigenvalue weighted by atomic mass is 15.1. The Kier molecular flexibility index (Phi) is 1.75. The van der Waals surface area contributed by atoms with Gasteiger partial charge in [0.05, 0.1) is 6.20 Å². The molecule has 4 nitrogen and oxygen atoms in total. The number of H-pyrrole nitrogens is 1. The fourth-order valence-electron chi connectivity index (χ4n) is 1.28. The lowest BCUT2D eigenvalue weighted by atomic mass is 10.1. The van der Waals surface area contributed by atoms with E-state index < -0.39 is 0 Å². The summed E-state index contributed by atoms with van der Waals surface area (Å²) in [4.78, 5) is 4.13. The summed E-state index contributed by atoms with van der Waals surface area (Å²) >= 11 is 0. The van der Waals surface area contributed by atoms with E-state index in [9.17, 15) is 0 Å². The van der Waals surface area contributed by atoms with Crippen LogP contribution in [0.15, 0.2) is 18.5 Å². The molecule has 2 aromatic rings. The smallest absolute Gasteiger partial charge is 0.155 e. The van der Waals surface area contributed by atoms with Gasteiger partial charge in [0.1, 0.15) is 0 Å². The topological polar surface area (TPSA) is 67.6 Å². The summed E-state index contributed by atoms with van der Waals surface area (Å²) in [6.45, 7) is 0.657. The molecule has 2 aromatic heterocycles. The molecule has 2 heterocycles. The molecule has 0 bridgehead atoms. The van der Waals surface area contributed by atoms with E-state index in [-0.39, 0.29) is 0 Å². The normalized spacial score (nSPS) is 10.8. The standard InChI is InChI=1S/C8H10N4/c9-3-1-6-2-4-10-8-7(6)5-11-12-8/h2,4-5H,1,3,9H2,(H,10,11,12). The molecule has 4 heteroatoms. The highest BCUT2D eigenvalue weighted by Gasteiger charge is 2.01. The van der Waals surface area contributed by atoms with Crippen molar-refractivity contribution in [2.75, 3.05) is 6.54 Å². The molecule has 0 unspecified atom stereocenters. The van der Waals surface area contributed by atoms with Crippen molar-refractivity contribution >= 4 is 11.0 Å². The maximum absolute atomic E-state index is 5.47. The predicted octanol–water partition coefficient (Wildman–Crippen LogP) is 0.459. The Labute approximate surface area is 69.8 Å². The number of aromatic nitrogens is 3. The molecule has 3 N–H and O–H groups in total. The number of hydrogen-bond donors (Lipinski definition) is 2. The van der Waals surface area contributed by atoms with Crippen molar-refractivity contribution in [3.63, 3.8) is 0 Å². The van der Waals surface area contributed by atoms with Crippen molar-refractivity contribution in [2.24, 2.45) is 5.73 Å². The van der Waals surface area contributed by atoms with E-state index in [1.54, 1.807) is 12.4 Å². The van der Waals surface area contributed by atoms with Gasteiger partial charge in [-0.3, -0.25) is 5.10 Å². The molecule has 0 spiro atoms. The molecule has 0 aromatic carbocycles. The van der Waals surface area contributed by atoms with E-state index >= 15 is 0 Å². The van der Waals surface area contributed by atoms with Crippen molar-refractivity contribution in [3.8, 4) is 0 Å². The van der Waals surface area contributed by atoms with Crippen LogP contribution in [0.5, 0.6) is 0 Å². The lowest BCUT2D eigenvalue weighted by Crippen LogP contribution is -2.02. The Morgan fingerprint density at radius 1 is 1.50 bits per heavy atom. The number of aromatic amines is 1. The van der Waals surface area contributed by atoms with E-state index in [4.69, 9.17) is 5.73 Å². The molecule has 0 aliphatic rings. The Hall–Kier alpha value is -1.42. The zero-order valence-electron chi connectivity index (χ0n) is 6.62. The van der Waals surface area contributed by atoms with Gasteiger partial charge in [-0.1, -0.05) is 0 Å². The molecule has 0 saturated carbocycles. The minimum Gasteiger partial charge on any atom is -0.330 e. The zero-order chi connectivity index (χ0) is 8.39. The number of pyridine rings is 1. The summed E-state index contributed by atoms with van der Waals surface area (Å²) in [5.41, 5.74) is 7.51. The molecule has 12 heavy (non-hydrogen) atoms. The monoisotopic (exact) mass is 162 g/mol. The summed E-state index contributed by atoms with van der Waals surface area (Å²) in [6.07, 6.45) is 4.43. The first-order chi connectivity index (χ1) is 5.92. The number of rotatable bonds is 2. The third-order valence-electron chi connectivity index (χ3n) is 1.86. The van der Waals surface area contributed by atoms with Gasteiger partial charge in [0, 0.05) is 11.6 Å². The van der Waals surface area contributed by atoms with E-state index in [0.29, 0.717) is 6.54 Å². The van der Waals surface area contributed by atoms with Crippen LogP contribution in [0.4, 0.5) is 0 Å². The Balaban J connectivity index is 2.57. The van der Waals surface area contributed by atoms with Crippen LogP contribution in [0.3, 0.4) is 0 Å².